The Balaban J connectivity index is 3.90. The molecule has 1 amide bonds. The van der Waals surface area contributed by atoms with Gasteiger partial charge >= 0.3 is 0 Å². The first-order valence-electron chi connectivity index (χ1n) is 9.86. The molecule has 0 radical (unpaired) electrons. The Hall–Kier alpha value is -0.476. The molecule has 0 aromatic carbocycles. The third-order valence-electron chi connectivity index (χ3n) is 4.35. The van der Waals surface area contributed by atoms with Gasteiger partial charge in [-0.05, 0) is 50.8 Å². The van der Waals surface area contributed by atoms with Crippen molar-refractivity contribution in [1.82, 2.24) is 4.90 Å². The highest BCUT2D eigenvalue weighted by Gasteiger charge is 2.31. The zero-order valence-corrected chi connectivity index (χ0v) is 19.8. The molecule has 0 aromatic heterocycles. The summed E-state index contributed by atoms with van der Waals surface area (Å²) in [5, 5.41) is 9.89. The lowest BCUT2D eigenvalue weighted by atomic mass is 10.3. The number of ether oxygens (including phenoxy) is 1. The Kier molecular flexibility index (Phi) is 12.6. The van der Waals surface area contributed by atoms with E-state index in [0.717, 1.165) is 18.9 Å². The van der Waals surface area contributed by atoms with E-state index in [0.29, 0.717) is 6.61 Å². The number of hydrogen-bond donors (Lipinski definition) is 1. The second-order valence-electron chi connectivity index (χ2n) is 8.33. The van der Waals surface area contributed by atoms with Gasteiger partial charge in [0, 0.05) is 20.2 Å². The molecule has 0 aliphatic heterocycles. The molecule has 1 unspecified atom stereocenters. The molecule has 1 N–H and O–H groups in total. The smallest absolute Gasteiger partial charge is 0.245 e. The van der Waals surface area contributed by atoms with Gasteiger partial charge < -0.3 is 18.9 Å². The van der Waals surface area contributed by atoms with Crippen LogP contribution in [0.25, 0.3) is 0 Å². The van der Waals surface area contributed by atoms with E-state index < -0.39 is 22.7 Å². The number of hydrogen-bond acceptors (Lipinski definition) is 4. The van der Waals surface area contributed by atoms with E-state index in [1.165, 1.54) is 29.9 Å². The number of likely N-dealkylation sites (N-methyl/N-ethyl adjacent to an activating group) is 1. The van der Waals surface area contributed by atoms with Gasteiger partial charge in [0.25, 0.3) is 0 Å². The van der Waals surface area contributed by atoms with Crippen molar-refractivity contribution in [2.24, 2.45) is 0 Å². The highest BCUT2D eigenvalue weighted by Crippen LogP contribution is 2.24. The first kappa shape index (κ1) is 25.5. The number of unbranched alkanes of at least 4 members (excludes halogenated alkanes) is 2. The molecule has 0 saturated carbocycles. The second-order valence-corrected chi connectivity index (χ2v) is 17.2. The van der Waals surface area contributed by atoms with Gasteiger partial charge in [0.2, 0.25) is 5.91 Å². The van der Waals surface area contributed by atoms with E-state index >= 15 is 0 Å². The summed E-state index contributed by atoms with van der Waals surface area (Å²) in [5.41, 5.74) is 0. The number of rotatable bonds is 15. The summed E-state index contributed by atoms with van der Waals surface area (Å²) in [7, 11) is -1.48. The van der Waals surface area contributed by atoms with E-state index in [9.17, 15) is 9.90 Å². The predicted molar refractivity (Wildman–Crippen MR) is 114 cm³/mol. The van der Waals surface area contributed by atoms with E-state index in [-0.39, 0.29) is 19.1 Å². The minimum atomic E-state index is -1.61. The Labute approximate surface area is 163 Å². The van der Waals surface area contributed by atoms with Crippen LogP contribution in [-0.2, 0) is 13.6 Å². The van der Waals surface area contributed by atoms with Gasteiger partial charge in [0.05, 0.1) is 12.7 Å². The summed E-state index contributed by atoms with van der Waals surface area (Å²) in [6.45, 7) is 16.2. The van der Waals surface area contributed by atoms with Crippen molar-refractivity contribution in [3.8, 4) is 0 Å². The van der Waals surface area contributed by atoms with Gasteiger partial charge in [-0.25, -0.2) is 0 Å². The maximum Gasteiger partial charge on any atom is 0.245 e. The Morgan fingerprint density at radius 1 is 1.15 bits per heavy atom. The normalized spacial score (nSPS) is 13.5. The standard InChI is InChI=1S/C19H41NO4Si2/c1-8-10-14-25(4,5)24-26(6,7)15-12-11-13-23-17-18(21)16-20(3)19(22)9-2/h9,18,21H,2,8,10-17H2,1,3-7H3. The van der Waals surface area contributed by atoms with Gasteiger partial charge in [0.1, 0.15) is 0 Å². The first-order chi connectivity index (χ1) is 12.0. The molecule has 0 aliphatic rings. The van der Waals surface area contributed by atoms with Gasteiger partial charge in [-0.1, -0.05) is 32.8 Å². The lowest BCUT2D eigenvalue weighted by Gasteiger charge is -2.34. The number of carbonyl (C=O) groups excluding carboxylic acids is 1. The third-order valence-corrected chi connectivity index (χ3v) is 11.9. The van der Waals surface area contributed by atoms with Crippen LogP contribution in [0.5, 0.6) is 0 Å². The molecule has 1 atom stereocenters. The minimum absolute atomic E-state index is 0.193. The lowest BCUT2D eigenvalue weighted by molar-refractivity contribution is -0.126. The summed E-state index contributed by atoms with van der Waals surface area (Å²) in [6, 6.07) is 2.40. The van der Waals surface area contributed by atoms with Crippen LogP contribution in [-0.4, -0.2) is 65.5 Å². The molecule has 0 heterocycles. The van der Waals surface area contributed by atoms with E-state index in [4.69, 9.17) is 8.85 Å². The number of amides is 1. The van der Waals surface area contributed by atoms with Gasteiger partial charge in [0.15, 0.2) is 16.6 Å². The molecule has 0 aromatic rings. The van der Waals surface area contributed by atoms with Crippen LogP contribution < -0.4 is 0 Å². The summed E-state index contributed by atoms with van der Waals surface area (Å²) in [6.07, 6.45) is 5.17. The van der Waals surface area contributed by atoms with Crippen LogP contribution in [0.2, 0.25) is 38.3 Å². The number of nitrogens with zero attached hydrogens (tertiary/aromatic N) is 1. The summed E-state index contributed by atoms with van der Waals surface area (Å²) < 4.78 is 12.1. The first-order valence-corrected chi connectivity index (χ1v) is 16.1. The van der Waals surface area contributed by atoms with Crippen molar-refractivity contribution in [2.75, 3.05) is 26.8 Å². The predicted octanol–water partition coefficient (Wildman–Crippen LogP) is 4.02. The van der Waals surface area contributed by atoms with Crippen molar-refractivity contribution in [3.63, 3.8) is 0 Å². The van der Waals surface area contributed by atoms with Gasteiger partial charge in [-0.15, -0.1) is 0 Å². The summed E-state index contributed by atoms with van der Waals surface area (Å²) in [4.78, 5) is 12.8. The molecule has 0 rings (SSSR count). The van der Waals surface area contributed by atoms with Gasteiger partial charge in [-0.3, -0.25) is 4.79 Å². The number of aliphatic hydroxyl groups excluding tert-OH is 1. The maximum absolute atomic E-state index is 11.4. The number of aliphatic hydroxyl groups is 1. The molecule has 7 heteroatoms. The third kappa shape index (κ3) is 12.8. The van der Waals surface area contributed by atoms with Crippen molar-refractivity contribution < 1.29 is 18.8 Å². The van der Waals surface area contributed by atoms with Crippen LogP contribution in [0.15, 0.2) is 12.7 Å². The van der Waals surface area contributed by atoms with E-state index in [2.05, 4.69) is 39.7 Å². The topological polar surface area (TPSA) is 59.0 Å². The van der Waals surface area contributed by atoms with Crippen LogP contribution in [0, 0.1) is 0 Å². The van der Waals surface area contributed by atoms with Crippen LogP contribution in [0.3, 0.4) is 0 Å². The fourth-order valence-electron chi connectivity index (χ4n) is 3.04. The molecule has 0 spiro atoms. The average molecular weight is 404 g/mol. The molecule has 5 nitrogen and oxygen atoms in total. The molecule has 0 fully saturated rings. The Morgan fingerprint density at radius 3 is 2.27 bits per heavy atom. The zero-order chi connectivity index (χ0) is 20.2. The van der Waals surface area contributed by atoms with E-state index in [1.54, 1.807) is 7.05 Å². The monoisotopic (exact) mass is 403 g/mol. The lowest BCUT2D eigenvalue weighted by Crippen LogP contribution is -2.44. The van der Waals surface area contributed by atoms with Gasteiger partial charge in [-0.2, -0.15) is 0 Å². The quantitative estimate of drug-likeness (QED) is 0.255. The largest absolute Gasteiger partial charge is 0.455 e. The fraction of sp³-hybridized carbons (Fsp3) is 0.842. The number of carbonyl (C=O) groups is 1. The Bertz CT molecular complexity index is 416. The zero-order valence-electron chi connectivity index (χ0n) is 17.8. The molecular formula is C19H41NO4Si2. The maximum atomic E-state index is 11.4. The van der Waals surface area contributed by atoms with Crippen molar-refractivity contribution in [2.45, 2.75) is 77.0 Å². The summed E-state index contributed by atoms with van der Waals surface area (Å²) in [5.74, 6) is -0.193. The van der Waals surface area contributed by atoms with Crippen molar-refractivity contribution in [3.05, 3.63) is 12.7 Å². The summed E-state index contributed by atoms with van der Waals surface area (Å²) >= 11 is 0. The fourth-order valence-corrected chi connectivity index (χ4v) is 12.1. The Morgan fingerprint density at radius 2 is 1.73 bits per heavy atom. The molecule has 26 heavy (non-hydrogen) atoms. The molecule has 0 bridgehead atoms. The van der Waals surface area contributed by atoms with Crippen LogP contribution in [0.1, 0.15) is 32.6 Å². The SMILES string of the molecule is C=CC(=O)N(C)CC(O)COCCCC[Si](C)(C)O[Si](C)(C)CCCC. The molecule has 154 valence electrons. The van der Waals surface area contributed by atoms with Crippen LogP contribution >= 0.6 is 0 Å². The van der Waals surface area contributed by atoms with E-state index in [1.807, 2.05) is 0 Å². The minimum Gasteiger partial charge on any atom is -0.455 e. The van der Waals surface area contributed by atoms with Crippen molar-refractivity contribution >= 4 is 22.5 Å². The molecular weight excluding hydrogens is 362 g/mol. The highest BCUT2D eigenvalue weighted by atomic mass is 28.4. The second kappa shape index (κ2) is 12.8. The van der Waals surface area contributed by atoms with Crippen molar-refractivity contribution in [1.29, 1.82) is 0 Å². The molecule has 0 saturated heterocycles. The highest BCUT2D eigenvalue weighted by molar-refractivity contribution is 6.84. The molecule has 0 aliphatic carbocycles. The average Bonchev–Trinajstić information content (AvgIpc) is 2.54. The van der Waals surface area contributed by atoms with Crippen LogP contribution in [0.4, 0.5) is 0 Å².